The number of rotatable bonds is 5. The lowest BCUT2D eigenvalue weighted by Gasteiger charge is -2.14. The van der Waals surface area contributed by atoms with Crippen LogP contribution in [0.1, 0.15) is 12.5 Å². The van der Waals surface area contributed by atoms with Crippen molar-refractivity contribution in [3.63, 3.8) is 0 Å². The summed E-state index contributed by atoms with van der Waals surface area (Å²) in [5.74, 6) is -0.0227. The fourth-order valence-electron chi connectivity index (χ4n) is 1.95. The van der Waals surface area contributed by atoms with E-state index in [2.05, 4.69) is 10.3 Å². The quantitative estimate of drug-likeness (QED) is 0.792. The van der Waals surface area contributed by atoms with Gasteiger partial charge in [0, 0.05) is 30.7 Å². The molecular formula is C14H18N4O. The maximum atomic E-state index is 11.9. The summed E-state index contributed by atoms with van der Waals surface area (Å²) in [6.07, 6.45) is 5.63. The second kappa shape index (κ2) is 6.04. The van der Waals surface area contributed by atoms with Gasteiger partial charge in [0.15, 0.2) is 0 Å². The van der Waals surface area contributed by atoms with Gasteiger partial charge in [-0.15, -0.1) is 0 Å². The van der Waals surface area contributed by atoms with Crippen molar-refractivity contribution < 1.29 is 4.79 Å². The summed E-state index contributed by atoms with van der Waals surface area (Å²) in [7, 11) is 0. The number of nitrogens with two attached hydrogens (primary N) is 1. The number of hydrogen-bond acceptors (Lipinski definition) is 3. The van der Waals surface area contributed by atoms with E-state index in [-0.39, 0.29) is 11.9 Å². The zero-order valence-corrected chi connectivity index (χ0v) is 10.9. The van der Waals surface area contributed by atoms with Crippen LogP contribution in [0.2, 0.25) is 0 Å². The first-order valence-corrected chi connectivity index (χ1v) is 6.23. The number of nitrogen functional groups attached to an aromatic ring is 1. The number of carbonyl (C=O) groups excluding carboxylic acids is 1. The van der Waals surface area contributed by atoms with Crippen LogP contribution < -0.4 is 11.1 Å². The zero-order valence-electron chi connectivity index (χ0n) is 10.9. The molecule has 5 heteroatoms. The van der Waals surface area contributed by atoms with Crippen molar-refractivity contribution in [2.45, 2.75) is 25.9 Å². The highest BCUT2D eigenvalue weighted by Crippen LogP contribution is 2.10. The topological polar surface area (TPSA) is 72.9 Å². The van der Waals surface area contributed by atoms with Gasteiger partial charge in [0.2, 0.25) is 5.91 Å². The highest BCUT2D eigenvalue weighted by molar-refractivity contribution is 5.80. The van der Waals surface area contributed by atoms with Crippen LogP contribution in [0.4, 0.5) is 5.69 Å². The number of hydrogen-bond donors (Lipinski definition) is 2. The van der Waals surface area contributed by atoms with E-state index in [1.165, 1.54) is 0 Å². The van der Waals surface area contributed by atoms with Crippen LogP contribution in [0.15, 0.2) is 43.0 Å². The van der Waals surface area contributed by atoms with Gasteiger partial charge < -0.3 is 15.6 Å². The van der Waals surface area contributed by atoms with Crippen molar-refractivity contribution in [1.82, 2.24) is 14.9 Å². The highest BCUT2D eigenvalue weighted by Gasteiger charge is 2.09. The van der Waals surface area contributed by atoms with Crippen LogP contribution in [-0.2, 0) is 17.8 Å². The fraction of sp³-hybridized carbons (Fsp3) is 0.286. The Hall–Kier alpha value is -2.30. The second-order valence-electron chi connectivity index (χ2n) is 4.60. The third kappa shape index (κ3) is 3.84. The predicted octanol–water partition coefficient (Wildman–Crippen LogP) is 1.21. The van der Waals surface area contributed by atoms with Gasteiger partial charge in [0.1, 0.15) is 0 Å². The number of para-hydroxylation sites is 1. The molecule has 0 aliphatic heterocycles. The average molecular weight is 258 g/mol. The lowest BCUT2D eigenvalue weighted by atomic mass is 10.1. The smallest absolute Gasteiger partial charge is 0.224 e. The minimum atomic E-state index is -0.0227. The number of amides is 1. The monoisotopic (exact) mass is 258 g/mol. The van der Waals surface area contributed by atoms with Gasteiger partial charge in [-0.3, -0.25) is 4.79 Å². The van der Waals surface area contributed by atoms with E-state index in [0.717, 1.165) is 5.56 Å². The van der Waals surface area contributed by atoms with Crippen molar-refractivity contribution in [2.75, 3.05) is 5.73 Å². The number of benzene rings is 1. The molecule has 1 amide bonds. The summed E-state index contributed by atoms with van der Waals surface area (Å²) in [6.45, 7) is 2.67. The molecule has 2 rings (SSSR count). The molecule has 0 spiro atoms. The molecule has 1 aromatic heterocycles. The molecule has 0 aliphatic carbocycles. The maximum absolute atomic E-state index is 11.9. The Morgan fingerprint density at radius 2 is 2.26 bits per heavy atom. The fourth-order valence-corrected chi connectivity index (χ4v) is 1.95. The maximum Gasteiger partial charge on any atom is 0.224 e. The molecule has 19 heavy (non-hydrogen) atoms. The molecular weight excluding hydrogens is 240 g/mol. The number of imidazole rings is 1. The Morgan fingerprint density at radius 3 is 2.95 bits per heavy atom. The first-order valence-electron chi connectivity index (χ1n) is 6.23. The predicted molar refractivity (Wildman–Crippen MR) is 74.4 cm³/mol. The van der Waals surface area contributed by atoms with Gasteiger partial charge in [-0.2, -0.15) is 0 Å². The van der Waals surface area contributed by atoms with E-state index >= 15 is 0 Å². The molecule has 1 aromatic carbocycles. The Balaban J connectivity index is 1.86. The molecule has 5 nitrogen and oxygen atoms in total. The molecule has 0 aliphatic rings. The summed E-state index contributed by atoms with van der Waals surface area (Å²) < 4.78 is 1.93. The largest absolute Gasteiger partial charge is 0.398 e. The van der Waals surface area contributed by atoms with E-state index in [9.17, 15) is 4.79 Å². The molecule has 0 saturated heterocycles. The molecule has 1 heterocycles. The lowest BCUT2D eigenvalue weighted by Crippen LogP contribution is -2.36. The lowest BCUT2D eigenvalue weighted by molar-refractivity contribution is -0.121. The molecule has 100 valence electrons. The summed E-state index contributed by atoms with van der Waals surface area (Å²) in [5, 5.41) is 2.95. The summed E-state index contributed by atoms with van der Waals surface area (Å²) in [4.78, 5) is 15.9. The highest BCUT2D eigenvalue weighted by atomic mass is 16.1. The van der Waals surface area contributed by atoms with Gasteiger partial charge in [-0.1, -0.05) is 18.2 Å². The standard InChI is InChI=1S/C14H18N4O/c1-11(9-18-7-6-16-10-18)17-14(19)8-12-4-2-3-5-13(12)15/h2-7,10-11H,8-9,15H2,1H3,(H,17,19). The summed E-state index contributed by atoms with van der Waals surface area (Å²) in [6, 6.07) is 7.46. The van der Waals surface area contributed by atoms with Crippen molar-refractivity contribution in [3.8, 4) is 0 Å². The molecule has 0 fully saturated rings. The third-order valence-electron chi connectivity index (χ3n) is 2.86. The van der Waals surface area contributed by atoms with Crippen molar-refractivity contribution in [1.29, 1.82) is 0 Å². The Labute approximate surface area is 112 Å². The van der Waals surface area contributed by atoms with Crippen LogP contribution in [0, 0.1) is 0 Å². The normalized spacial score (nSPS) is 12.1. The van der Waals surface area contributed by atoms with Crippen LogP contribution in [0.25, 0.3) is 0 Å². The van der Waals surface area contributed by atoms with Crippen molar-refractivity contribution in [3.05, 3.63) is 48.5 Å². The number of nitrogens with zero attached hydrogens (tertiary/aromatic N) is 2. The van der Waals surface area contributed by atoms with E-state index in [1.54, 1.807) is 18.6 Å². The van der Waals surface area contributed by atoms with Gasteiger partial charge in [0.25, 0.3) is 0 Å². The molecule has 1 unspecified atom stereocenters. The molecule has 2 aromatic rings. The first-order chi connectivity index (χ1) is 9.15. The van der Waals surface area contributed by atoms with Crippen LogP contribution in [0.3, 0.4) is 0 Å². The third-order valence-corrected chi connectivity index (χ3v) is 2.86. The van der Waals surface area contributed by atoms with E-state index in [0.29, 0.717) is 18.7 Å². The van der Waals surface area contributed by atoms with E-state index < -0.39 is 0 Å². The zero-order chi connectivity index (χ0) is 13.7. The molecule has 0 saturated carbocycles. The second-order valence-corrected chi connectivity index (χ2v) is 4.60. The Morgan fingerprint density at radius 1 is 1.47 bits per heavy atom. The first kappa shape index (κ1) is 13.1. The minimum absolute atomic E-state index is 0.0227. The van der Waals surface area contributed by atoms with Crippen LogP contribution >= 0.6 is 0 Å². The Bertz CT molecular complexity index is 536. The molecule has 3 N–H and O–H groups in total. The SMILES string of the molecule is CC(Cn1ccnc1)NC(=O)Cc1ccccc1N. The summed E-state index contributed by atoms with van der Waals surface area (Å²) >= 11 is 0. The Kier molecular flexibility index (Phi) is 4.18. The van der Waals surface area contributed by atoms with Crippen LogP contribution in [-0.4, -0.2) is 21.5 Å². The van der Waals surface area contributed by atoms with Crippen molar-refractivity contribution in [2.24, 2.45) is 0 Å². The molecule has 1 atom stereocenters. The van der Waals surface area contributed by atoms with Gasteiger partial charge in [-0.05, 0) is 18.6 Å². The average Bonchev–Trinajstić information content (AvgIpc) is 2.84. The van der Waals surface area contributed by atoms with Crippen LogP contribution in [0.5, 0.6) is 0 Å². The summed E-state index contributed by atoms with van der Waals surface area (Å²) in [5.41, 5.74) is 7.33. The number of carbonyl (C=O) groups is 1. The van der Waals surface area contributed by atoms with E-state index in [4.69, 9.17) is 5.73 Å². The van der Waals surface area contributed by atoms with Gasteiger partial charge in [0.05, 0.1) is 12.7 Å². The minimum Gasteiger partial charge on any atom is -0.398 e. The van der Waals surface area contributed by atoms with Gasteiger partial charge >= 0.3 is 0 Å². The molecule has 0 radical (unpaired) electrons. The van der Waals surface area contributed by atoms with Crippen molar-refractivity contribution >= 4 is 11.6 Å². The van der Waals surface area contributed by atoms with Gasteiger partial charge in [-0.25, -0.2) is 4.98 Å². The molecule has 0 bridgehead atoms. The number of aromatic nitrogens is 2. The number of nitrogens with one attached hydrogen (secondary N) is 1. The van der Waals surface area contributed by atoms with E-state index in [1.807, 2.05) is 35.9 Å². The number of anilines is 1.